The van der Waals surface area contributed by atoms with Gasteiger partial charge in [-0.2, -0.15) is 0 Å². The lowest BCUT2D eigenvalue weighted by atomic mass is 9.95. The van der Waals surface area contributed by atoms with Crippen LogP contribution in [0.2, 0.25) is 0 Å². The number of phenols is 1. The van der Waals surface area contributed by atoms with Gasteiger partial charge in [-0.05, 0) is 18.2 Å². The summed E-state index contributed by atoms with van der Waals surface area (Å²) in [5.41, 5.74) is 1.13. The quantitative estimate of drug-likeness (QED) is 0.841. The van der Waals surface area contributed by atoms with Gasteiger partial charge in [0, 0.05) is 55.8 Å². The molecule has 0 aliphatic carbocycles. The van der Waals surface area contributed by atoms with Crippen LogP contribution in [0.5, 0.6) is 5.75 Å². The Labute approximate surface area is 130 Å². The molecule has 1 aromatic carbocycles. The minimum atomic E-state index is -0.0777. The molecule has 1 unspecified atom stereocenters. The number of carbonyl (C=O) groups excluding carboxylic acids is 1. The summed E-state index contributed by atoms with van der Waals surface area (Å²) in [4.78, 5) is 19.3. The molecule has 0 amide bonds. The molecule has 1 aliphatic heterocycles. The Bertz CT molecular complexity index is 681. The molecule has 1 atom stereocenters. The van der Waals surface area contributed by atoms with E-state index >= 15 is 0 Å². The summed E-state index contributed by atoms with van der Waals surface area (Å²) in [5.74, 6) is 0.143. The minimum Gasteiger partial charge on any atom is -0.506 e. The fourth-order valence-electron chi connectivity index (χ4n) is 3.00. The Hall–Kier alpha value is -1.98. The van der Waals surface area contributed by atoms with Crippen LogP contribution in [0.25, 0.3) is 10.9 Å². The van der Waals surface area contributed by atoms with Crippen molar-refractivity contribution < 1.29 is 9.90 Å². The molecule has 5 nitrogen and oxygen atoms in total. The number of phenolic OH excluding ortho intramolecular Hbond substituents is 1. The topological polar surface area (TPSA) is 65.5 Å². The summed E-state index contributed by atoms with van der Waals surface area (Å²) in [6.07, 6.45) is 1.63. The number of aromatic hydroxyl groups is 1. The van der Waals surface area contributed by atoms with E-state index in [-0.39, 0.29) is 17.5 Å². The van der Waals surface area contributed by atoms with Crippen molar-refractivity contribution in [3.63, 3.8) is 0 Å². The van der Waals surface area contributed by atoms with Crippen LogP contribution in [0.3, 0.4) is 0 Å². The first-order chi connectivity index (χ1) is 10.7. The number of carbonyl (C=O) groups is 1. The summed E-state index contributed by atoms with van der Waals surface area (Å²) in [6, 6.07) is 6.89. The van der Waals surface area contributed by atoms with Gasteiger partial charge in [0.05, 0.1) is 0 Å². The van der Waals surface area contributed by atoms with Gasteiger partial charge in [-0.3, -0.25) is 9.78 Å². The maximum absolute atomic E-state index is 12.8. The van der Waals surface area contributed by atoms with Gasteiger partial charge < -0.3 is 15.3 Å². The van der Waals surface area contributed by atoms with Crippen LogP contribution < -0.4 is 5.32 Å². The summed E-state index contributed by atoms with van der Waals surface area (Å²) in [7, 11) is 0. The second kappa shape index (κ2) is 6.42. The number of fused-ring (bicyclic) bond motifs is 1. The first kappa shape index (κ1) is 14.9. The summed E-state index contributed by atoms with van der Waals surface area (Å²) in [5, 5.41) is 13.9. The molecule has 0 spiro atoms. The van der Waals surface area contributed by atoms with E-state index in [1.165, 1.54) is 0 Å². The van der Waals surface area contributed by atoms with E-state index in [0.717, 1.165) is 38.1 Å². The number of benzene rings is 1. The number of hydrogen-bond acceptors (Lipinski definition) is 5. The molecule has 1 fully saturated rings. The highest BCUT2D eigenvalue weighted by molar-refractivity contribution is 6.09. The lowest BCUT2D eigenvalue weighted by molar-refractivity contribution is 0.0889. The van der Waals surface area contributed by atoms with Crippen LogP contribution in [0.4, 0.5) is 0 Å². The predicted molar refractivity (Wildman–Crippen MR) is 86.2 cm³/mol. The van der Waals surface area contributed by atoms with Crippen molar-refractivity contribution in [3.8, 4) is 5.75 Å². The molecule has 2 aromatic rings. The molecule has 0 radical (unpaired) electrons. The largest absolute Gasteiger partial charge is 0.506 e. The van der Waals surface area contributed by atoms with E-state index in [2.05, 4.69) is 15.2 Å². The molecule has 0 bridgehead atoms. The first-order valence-electron chi connectivity index (χ1n) is 7.71. The van der Waals surface area contributed by atoms with Gasteiger partial charge >= 0.3 is 0 Å². The van der Waals surface area contributed by atoms with Gasteiger partial charge in [0.2, 0.25) is 0 Å². The zero-order chi connectivity index (χ0) is 15.5. The monoisotopic (exact) mass is 299 g/mol. The highest BCUT2D eigenvalue weighted by atomic mass is 16.3. The van der Waals surface area contributed by atoms with E-state index in [9.17, 15) is 9.90 Å². The molecular weight excluding hydrogens is 278 g/mol. The normalized spacial score (nSPS) is 17.5. The summed E-state index contributed by atoms with van der Waals surface area (Å²) >= 11 is 0. The van der Waals surface area contributed by atoms with Gasteiger partial charge in [-0.1, -0.05) is 13.0 Å². The van der Waals surface area contributed by atoms with Crippen molar-refractivity contribution in [2.24, 2.45) is 5.92 Å². The Morgan fingerprint density at radius 1 is 1.36 bits per heavy atom. The molecule has 116 valence electrons. The molecule has 2 heterocycles. The van der Waals surface area contributed by atoms with Gasteiger partial charge in [-0.15, -0.1) is 0 Å². The van der Waals surface area contributed by atoms with Crippen molar-refractivity contribution in [2.75, 3.05) is 32.7 Å². The predicted octanol–water partition coefficient (Wildman–Crippen LogP) is 1.66. The number of nitrogens with one attached hydrogen (secondary N) is 1. The lowest BCUT2D eigenvalue weighted by Crippen LogP contribution is -2.45. The van der Waals surface area contributed by atoms with Crippen LogP contribution in [-0.4, -0.2) is 53.5 Å². The van der Waals surface area contributed by atoms with E-state index in [1.54, 1.807) is 24.4 Å². The second-order valence-corrected chi connectivity index (χ2v) is 5.85. The highest BCUT2D eigenvalue weighted by Gasteiger charge is 2.22. The van der Waals surface area contributed by atoms with Crippen LogP contribution in [0.1, 0.15) is 17.3 Å². The number of piperazine rings is 1. The van der Waals surface area contributed by atoms with Gasteiger partial charge in [0.15, 0.2) is 5.78 Å². The van der Waals surface area contributed by atoms with Crippen molar-refractivity contribution in [1.29, 1.82) is 0 Å². The Morgan fingerprint density at radius 2 is 2.14 bits per heavy atom. The number of nitrogens with zero attached hydrogens (tertiary/aromatic N) is 2. The third-order valence-corrected chi connectivity index (χ3v) is 4.20. The highest BCUT2D eigenvalue weighted by Crippen LogP contribution is 2.27. The zero-order valence-corrected chi connectivity index (χ0v) is 12.7. The van der Waals surface area contributed by atoms with Crippen molar-refractivity contribution in [1.82, 2.24) is 15.2 Å². The molecule has 5 heteroatoms. The zero-order valence-electron chi connectivity index (χ0n) is 12.7. The van der Waals surface area contributed by atoms with Gasteiger partial charge in [-0.25, -0.2) is 0 Å². The first-order valence-corrected chi connectivity index (χ1v) is 7.71. The minimum absolute atomic E-state index is 0.0777. The molecule has 2 N–H and O–H groups in total. The fraction of sp³-hybridized carbons (Fsp3) is 0.412. The number of ketones is 1. The maximum atomic E-state index is 12.8. The number of Topliss-reactive ketones (excluding diaryl/α,β-unsaturated/α-hetero) is 1. The third-order valence-electron chi connectivity index (χ3n) is 4.20. The molecule has 1 saturated heterocycles. The lowest BCUT2D eigenvalue weighted by Gasteiger charge is -2.29. The van der Waals surface area contributed by atoms with Crippen molar-refractivity contribution >= 4 is 16.7 Å². The van der Waals surface area contributed by atoms with Gasteiger partial charge in [0.25, 0.3) is 0 Å². The maximum Gasteiger partial charge on any atom is 0.167 e. The van der Waals surface area contributed by atoms with Gasteiger partial charge in [0.1, 0.15) is 11.3 Å². The molecule has 3 rings (SSSR count). The molecule has 1 aromatic heterocycles. The van der Waals surface area contributed by atoms with Crippen molar-refractivity contribution in [2.45, 2.75) is 6.92 Å². The van der Waals surface area contributed by atoms with E-state index < -0.39 is 0 Å². The van der Waals surface area contributed by atoms with E-state index in [1.807, 2.05) is 13.0 Å². The number of aromatic nitrogens is 1. The molecule has 0 saturated carbocycles. The number of rotatable bonds is 4. The van der Waals surface area contributed by atoms with Crippen LogP contribution in [0, 0.1) is 5.92 Å². The van der Waals surface area contributed by atoms with Crippen LogP contribution in [-0.2, 0) is 0 Å². The SMILES string of the molecule is CC(CN1CCNCC1)C(=O)c1ccc(O)c2ncccc12. The Kier molecular flexibility index (Phi) is 4.36. The molecular formula is C17H21N3O2. The average Bonchev–Trinajstić information content (AvgIpc) is 2.56. The second-order valence-electron chi connectivity index (χ2n) is 5.85. The van der Waals surface area contributed by atoms with Crippen molar-refractivity contribution in [3.05, 3.63) is 36.0 Å². The molecule has 22 heavy (non-hydrogen) atoms. The molecule has 1 aliphatic rings. The van der Waals surface area contributed by atoms with E-state index in [0.29, 0.717) is 11.1 Å². The number of pyridine rings is 1. The van der Waals surface area contributed by atoms with E-state index in [4.69, 9.17) is 0 Å². The third kappa shape index (κ3) is 2.96. The fourth-order valence-corrected chi connectivity index (χ4v) is 3.00. The summed E-state index contributed by atoms with van der Waals surface area (Å²) in [6.45, 7) is 6.66. The Morgan fingerprint density at radius 3 is 2.91 bits per heavy atom. The van der Waals surface area contributed by atoms with Crippen LogP contribution >= 0.6 is 0 Å². The average molecular weight is 299 g/mol. The Balaban J connectivity index is 1.84. The smallest absolute Gasteiger partial charge is 0.167 e. The summed E-state index contributed by atoms with van der Waals surface area (Å²) < 4.78 is 0. The standard InChI is InChI=1S/C17H21N3O2/c1-12(11-20-9-7-18-8-10-20)17(22)14-4-5-15(21)16-13(14)3-2-6-19-16/h2-6,12,18,21H,7-11H2,1H3. The van der Waals surface area contributed by atoms with Crippen LogP contribution in [0.15, 0.2) is 30.5 Å². The number of hydrogen-bond donors (Lipinski definition) is 2.